The van der Waals surface area contributed by atoms with Gasteiger partial charge < -0.3 is 56.0 Å². The van der Waals surface area contributed by atoms with Gasteiger partial charge in [0.15, 0.2) is 22.8 Å². The number of carbonyl (C=O) groups excluding carboxylic acids is 3. The van der Waals surface area contributed by atoms with Crippen molar-refractivity contribution >= 4 is 69.1 Å². The number of allylic oxidation sites excluding steroid dienone is 6. The summed E-state index contributed by atoms with van der Waals surface area (Å²) in [5.41, 5.74) is 4.24. The van der Waals surface area contributed by atoms with Crippen molar-refractivity contribution in [1.82, 2.24) is 30.2 Å². The maximum atomic E-state index is 12.7. The molecule has 25 nitrogen and oxygen atoms in total. The van der Waals surface area contributed by atoms with Crippen molar-refractivity contribution < 1.29 is 85.6 Å². The first kappa shape index (κ1) is 55.1. The minimum absolute atomic E-state index is 0.0249. The quantitative estimate of drug-likeness (QED) is 0.0329. The first-order chi connectivity index (χ1) is 29.9. The molecule has 1 fully saturated rings. The Kier molecular flexibility index (Phi) is 22.0. The molecule has 8 atom stereocenters. The van der Waals surface area contributed by atoms with E-state index in [1.807, 2.05) is 37.3 Å². The average molecular weight is 988 g/mol. The summed E-state index contributed by atoms with van der Waals surface area (Å²) in [7, 11) is -16.4. The van der Waals surface area contributed by atoms with Crippen LogP contribution in [0, 0.1) is 5.41 Å². The molecule has 360 valence electrons. The molecular formula is C35H56N7O18P3S. The molecule has 0 aliphatic carbocycles. The van der Waals surface area contributed by atoms with Gasteiger partial charge in [-0.1, -0.05) is 62.1 Å². The number of aliphatic hydroxyl groups excluding tert-OH is 3. The topological polar surface area (TPSA) is 384 Å². The molecular weight excluding hydrogens is 931 g/mol. The van der Waals surface area contributed by atoms with Crippen LogP contribution in [0.2, 0.25) is 0 Å². The van der Waals surface area contributed by atoms with Crippen molar-refractivity contribution in [1.29, 1.82) is 0 Å². The molecule has 0 radical (unpaired) electrons. The van der Waals surface area contributed by atoms with E-state index in [0.717, 1.165) is 41.8 Å². The summed E-state index contributed by atoms with van der Waals surface area (Å²) in [4.78, 5) is 88.1. The van der Waals surface area contributed by atoms with Gasteiger partial charge in [0, 0.05) is 37.1 Å². The maximum Gasteiger partial charge on any atom is 0.481 e. The lowest BCUT2D eigenvalue weighted by Crippen LogP contribution is -2.46. The van der Waals surface area contributed by atoms with Crippen LogP contribution in [0.1, 0.15) is 65.5 Å². The maximum absolute atomic E-state index is 12.7. The number of aromatic nitrogens is 4. The molecule has 1 aliphatic rings. The van der Waals surface area contributed by atoms with Crippen molar-refractivity contribution in [2.45, 2.75) is 96.0 Å². The van der Waals surface area contributed by atoms with Crippen molar-refractivity contribution in [2.24, 2.45) is 5.41 Å². The fraction of sp³-hybridized carbons (Fsp3) is 0.600. The summed E-state index contributed by atoms with van der Waals surface area (Å²) in [5.74, 6) is -1.27. The molecule has 11 N–H and O–H groups in total. The van der Waals surface area contributed by atoms with E-state index in [2.05, 4.69) is 40.5 Å². The highest BCUT2D eigenvalue weighted by Gasteiger charge is 2.50. The van der Waals surface area contributed by atoms with Gasteiger partial charge in [-0.15, -0.1) is 0 Å². The van der Waals surface area contributed by atoms with E-state index in [9.17, 15) is 63.0 Å². The van der Waals surface area contributed by atoms with E-state index in [1.54, 1.807) is 0 Å². The van der Waals surface area contributed by atoms with Crippen molar-refractivity contribution in [3.63, 3.8) is 0 Å². The predicted molar refractivity (Wildman–Crippen MR) is 229 cm³/mol. The highest BCUT2D eigenvalue weighted by atomic mass is 32.2. The molecule has 64 heavy (non-hydrogen) atoms. The SMILES string of the molecule is C/C=C/C/C=C/C/C=C/CCC(O)CC(=O)SCCNC(=O)CCNC(=O)C(O)C(C)(C)COP(=O)(O)OP(=O)(O)OCC1OC(n2cnc3c(N)ncnc32)C(O)C1OP(=O)(O)O. The van der Waals surface area contributed by atoms with Gasteiger partial charge in [-0.25, -0.2) is 28.6 Å². The molecule has 3 heterocycles. The van der Waals surface area contributed by atoms with E-state index < -0.39 is 90.7 Å². The fourth-order valence-electron chi connectivity index (χ4n) is 5.64. The summed E-state index contributed by atoms with van der Waals surface area (Å²) in [6.07, 6.45) is 6.97. The minimum atomic E-state index is -5.59. The second-order valence-electron chi connectivity index (χ2n) is 14.7. The third-order valence-electron chi connectivity index (χ3n) is 8.95. The number of nitrogen functional groups attached to an aromatic ring is 1. The molecule has 2 amide bonds. The molecule has 3 rings (SSSR count). The van der Waals surface area contributed by atoms with Gasteiger partial charge in [-0.2, -0.15) is 4.31 Å². The summed E-state index contributed by atoms with van der Waals surface area (Å²) < 4.78 is 62.3. The second kappa shape index (κ2) is 25.6. The standard InChI is InChI=1S/C35H56N7O18P3S/c1-4-5-6-7-8-9-10-11-12-13-23(43)18-26(45)64-17-16-37-25(44)14-15-38-33(48)30(47)35(2,3)20-57-63(54,55)60-62(52,53)56-19-24-29(59-61(49,50)51)28(46)34(58-24)42-22-41-27-31(36)39-21-40-32(27)42/h4-5,7-8,10-11,21-24,28-30,34,43,46-47H,6,9,12-20H2,1-3H3,(H,37,44)(H,38,48)(H,52,53)(H,54,55)(H2,36,39,40)(H2,49,50,51)/b5-4+,8-7+,11-10+. The molecule has 0 aromatic carbocycles. The smallest absolute Gasteiger partial charge is 0.393 e. The number of imidazole rings is 1. The third kappa shape index (κ3) is 18.9. The lowest BCUT2D eigenvalue weighted by Gasteiger charge is -2.30. The highest BCUT2D eigenvalue weighted by Crippen LogP contribution is 2.61. The van der Waals surface area contributed by atoms with Crippen LogP contribution in [0.4, 0.5) is 5.82 Å². The number of carbonyl (C=O) groups is 3. The Balaban J connectivity index is 1.38. The number of hydrogen-bond acceptors (Lipinski definition) is 19. The number of fused-ring (bicyclic) bond motifs is 1. The summed E-state index contributed by atoms with van der Waals surface area (Å²) in [5, 5.41) is 36.3. The predicted octanol–water partition coefficient (Wildman–Crippen LogP) is 1.66. The normalized spacial score (nSPS) is 21.3. The molecule has 8 unspecified atom stereocenters. The minimum Gasteiger partial charge on any atom is -0.393 e. The Bertz CT molecular complexity index is 2100. The Morgan fingerprint density at radius 1 is 0.984 bits per heavy atom. The first-order valence-corrected chi connectivity index (χ1v) is 25.1. The zero-order valence-electron chi connectivity index (χ0n) is 35.1. The molecule has 0 saturated carbocycles. The number of nitrogens with two attached hydrogens (primary N) is 1. The van der Waals surface area contributed by atoms with E-state index in [-0.39, 0.29) is 53.8 Å². The zero-order chi connectivity index (χ0) is 47.7. The molecule has 1 saturated heterocycles. The van der Waals surface area contributed by atoms with Gasteiger partial charge in [0.2, 0.25) is 11.8 Å². The first-order valence-electron chi connectivity index (χ1n) is 19.6. The Labute approximate surface area is 372 Å². The lowest BCUT2D eigenvalue weighted by atomic mass is 9.87. The van der Waals surface area contributed by atoms with E-state index >= 15 is 0 Å². The average Bonchev–Trinajstić information content (AvgIpc) is 3.76. The van der Waals surface area contributed by atoms with Crippen molar-refractivity contribution in [3.8, 4) is 0 Å². The summed E-state index contributed by atoms with van der Waals surface area (Å²) >= 11 is 0.963. The third-order valence-corrected chi connectivity index (χ3v) is 12.9. The number of thioether (sulfide) groups is 1. The fourth-order valence-corrected chi connectivity index (χ4v) is 9.21. The van der Waals surface area contributed by atoms with Crippen LogP contribution in [0.5, 0.6) is 0 Å². The number of phosphoric ester groups is 3. The van der Waals surface area contributed by atoms with Crippen LogP contribution >= 0.6 is 35.2 Å². The number of nitrogens with one attached hydrogen (secondary N) is 2. The molecule has 2 aromatic rings. The van der Waals surface area contributed by atoms with Crippen molar-refractivity contribution in [3.05, 3.63) is 49.1 Å². The number of nitrogens with zero attached hydrogens (tertiary/aromatic N) is 4. The number of aliphatic hydroxyl groups is 3. The van der Waals surface area contributed by atoms with Gasteiger partial charge >= 0.3 is 23.5 Å². The molecule has 29 heteroatoms. The molecule has 0 spiro atoms. The van der Waals surface area contributed by atoms with Crippen LogP contribution in [-0.2, 0) is 50.7 Å². The van der Waals surface area contributed by atoms with Crippen LogP contribution in [0.25, 0.3) is 11.2 Å². The number of anilines is 1. The molecule has 0 bridgehead atoms. The largest absolute Gasteiger partial charge is 0.481 e. The van der Waals surface area contributed by atoms with Gasteiger partial charge in [-0.05, 0) is 32.6 Å². The second-order valence-corrected chi connectivity index (χ2v) is 20.1. The Morgan fingerprint density at radius 3 is 2.34 bits per heavy atom. The molecule has 2 aromatic heterocycles. The summed E-state index contributed by atoms with van der Waals surface area (Å²) in [6.45, 7) is 2.30. The molecule has 1 aliphatic heterocycles. The Hall–Kier alpha value is -3.26. The van der Waals surface area contributed by atoms with Crippen LogP contribution in [0.3, 0.4) is 0 Å². The Morgan fingerprint density at radius 2 is 1.66 bits per heavy atom. The van der Waals surface area contributed by atoms with Crippen LogP contribution in [0.15, 0.2) is 49.1 Å². The van der Waals surface area contributed by atoms with E-state index in [1.165, 1.54) is 13.8 Å². The van der Waals surface area contributed by atoms with Gasteiger partial charge in [0.1, 0.15) is 36.3 Å². The zero-order valence-corrected chi connectivity index (χ0v) is 38.6. The van der Waals surface area contributed by atoms with Gasteiger partial charge in [0.05, 0.1) is 25.6 Å². The number of rotatable bonds is 28. The number of phosphoric acid groups is 3. The highest BCUT2D eigenvalue weighted by molar-refractivity contribution is 8.13. The van der Waals surface area contributed by atoms with Gasteiger partial charge in [0.25, 0.3) is 0 Å². The number of hydrogen-bond donors (Lipinski definition) is 10. The van der Waals surface area contributed by atoms with E-state index in [0.29, 0.717) is 12.8 Å². The number of amides is 2. The summed E-state index contributed by atoms with van der Waals surface area (Å²) in [6, 6.07) is 0. The van der Waals surface area contributed by atoms with Crippen molar-refractivity contribution in [2.75, 3.05) is 37.8 Å². The van der Waals surface area contributed by atoms with Gasteiger partial charge in [-0.3, -0.25) is 32.5 Å². The monoisotopic (exact) mass is 987 g/mol. The van der Waals surface area contributed by atoms with Crippen LogP contribution < -0.4 is 16.4 Å². The number of ether oxygens (including phenoxy) is 1. The lowest BCUT2D eigenvalue weighted by molar-refractivity contribution is -0.137. The van der Waals surface area contributed by atoms with E-state index in [4.69, 9.17) is 19.5 Å². The van der Waals surface area contributed by atoms with Crippen LogP contribution in [-0.4, -0.2) is 134 Å².